The first kappa shape index (κ1) is 21.6. The van der Waals surface area contributed by atoms with Crippen molar-refractivity contribution in [2.24, 2.45) is 5.92 Å². The molecule has 2 atom stereocenters. The predicted molar refractivity (Wildman–Crippen MR) is 111 cm³/mol. The molecule has 2 aliphatic rings. The largest absolute Gasteiger partial charge is 0.460 e. The fourth-order valence-corrected chi connectivity index (χ4v) is 4.25. The van der Waals surface area contributed by atoms with Crippen molar-refractivity contribution in [2.45, 2.75) is 64.7 Å². The van der Waals surface area contributed by atoms with Crippen molar-refractivity contribution in [2.75, 3.05) is 26.2 Å². The third kappa shape index (κ3) is 6.20. The minimum atomic E-state index is -0.458. The molecular weight excluding hydrogens is 368 g/mol. The summed E-state index contributed by atoms with van der Waals surface area (Å²) in [6.45, 7) is 8.85. The molecule has 6 nitrogen and oxygen atoms in total. The number of benzene rings is 1. The zero-order valence-corrected chi connectivity index (χ0v) is 17.9. The molecule has 0 aromatic heterocycles. The van der Waals surface area contributed by atoms with E-state index in [9.17, 15) is 9.59 Å². The van der Waals surface area contributed by atoms with E-state index in [2.05, 4.69) is 4.90 Å². The highest BCUT2D eigenvalue weighted by atomic mass is 16.6. The summed E-state index contributed by atoms with van der Waals surface area (Å²) in [5.41, 5.74) is 0.530. The van der Waals surface area contributed by atoms with E-state index in [1.54, 1.807) is 4.90 Å². The molecule has 2 fully saturated rings. The first-order valence-electron chi connectivity index (χ1n) is 10.8. The Hall–Kier alpha value is -2.08. The Balaban J connectivity index is 1.50. The summed E-state index contributed by atoms with van der Waals surface area (Å²) < 4.78 is 11.1. The topological polar surface area (TPSA) is 59.1 Å². The molecule has 0 spiro atoms. The second kappa shape index (κ2) is 9.61. The highest BCUT2D eigenvalue weighted by Crippen LogP contribution is 2.31. The molecule has 1 aromatic rings. The van der Waals surface area contributed by atoms with Gasteiger partial charge in [0.05, 0.1) is 5.92 Å². The molecule has 1 saturated heterocycles. The van der Waals surface area contributed by atoms with E-state index in [1.165, 1.54) is 0 Å². The van der Waals surface area contributed by atoms with Crippen LogP contribution in [0.3, 0.4) is 0 Å². The van der Waals surface area contributed by atoms with Gasteiger partial charge in [-0.2, -0.15) is 0 Å². The summed E-state index contributed by atoms with van der Waals surface area (Å²) in [5.74, 6) is -0.147. The maximum Gasteiger partial charge on any atom is 0.410 e. The van der Waals surface area contributed by atoms with Gasteiger partial charge in [-0.3, -0.25) is 9.69 Å². The fourth-order valence-electron chi connectivity index (χ4n) is 4.25. The number of piperazine rings is 1. The molecule has 29 heavy (non-hydrogen) atoms. The van der Waals surface area contributed by atoms with Crippen LogP contribution in [-0.2, 0) is 20.9 Å². The van der Waals surface area contributed by atoms with Gasteiger partial charge >= 0.3 is 12.1 Å². The number of nitrogens with zero attached hydrogens (tertiary/aromatic N) is 2. The van der Waals surface area contributed by atoms with Crippen molar-refractivity contribution in [1.82, 2.24) is 9.80 Å². The summed E-state index contributed by atoms with van der Waals surface area (Å²) in [4.78, 5) is 29.3. The molecule has 0 N–H and O–H groups in total. The van der Waals surface area contributed by atoms with Crippen LogP contribution in [0.2, 0.25) is 0 Å². The lowest BCUT2D eigenvalue weighted by molar-refractivity contribution is -0.164. The highest BCUT2D eigenvalue weighted by molar-refractivity contribution is 5.74. The van der Waals surface area contributed by atoms with E-state index in [0.29, 0.717) is 19.7 Å². The molecule has 2 unspecified atom stereocenters. The third-order valence-electron chi connectivity index (χ3n) is 5.69. The van der Waals surface area contributed by atoms with Crippen molar-refractivity contribution < 1.29 is 19.1 Å². The summed E-state index contributed by atoms with van der Waals surface area (Å²) in [7, 11) is 0. The predicted octanol–water partition coefficient (Wildman–Crippen LogP) is 3.84. The fraction of sp³-hybridized carbons (Fsp3) is 0.652. The van der Waals surface area contributed by atoms with Gasteiger partial charge in [0.2, 0.25) is 0 Å². The maximum absolute atomic E-state index is 12.7. The van der Waals surface area contributed by atoms with E-state index < -0.39 is 5.60 Å². The van der Waals surface area contributed by atoms with Gasteiger partial charge in [-0.15, -0.1) is 0 Å². The minimum Gasteiger partial charge on any atom is -0.460 e. The van der Waals surface area contributed by atoms with Crippen molar-refractivity contribution in [3.8, 4) is 0 Å². The van der Waals surface area contributed by atoms with E-state index >= 15 is 0 Å². The smallest absolute Gasteiger partial charge is 0.410 e. The number of rotatable bonds is 4. The summed E-state index contributed by atoms with van der Waals surface area (Å²) in [5, 5.41) is 0. The average Bonchev–Trinajstić information content (AvgIpc) is 2.71. The number of ether oxygens (including phenoxy) is 2. The van der Waals surface area contributed by atoms with Crippen molar-refractivity contribution in [1.29, 1.82) is 0 Å². The first-order chi connectivity index (χ1) is 13.8. The van der Waals surface area contributed by atoms with Crippen LogP contribution in [-0.4, -0.2) is 59.7 Å². The second-order valence-electron chi connectivity index (χ2n) is 9.05. The quantitative estimate of drug-likeness (QED) is 0.716. The molecule has 1 saturated carbocycles. The van der Waals surface area contributed by atoms with Crippen LogP contribution in [0.5, 0.6) is 0 Å². The Labute approximate surface area is 174 Å². The Morgan fingerprint density at radius 3 is 2.31 bits per heavy atom. The molecule has 1 aliphatic carbocycles. The zero-order valence-electron chi connectivity index (χ0n) is 17.9. The van der Waals surface area contributed by atoms with Crippen molar-refractivity contribution in [3.63, 3.8) is 0 Å². The van der Waals surface area contributed by atoms with Gasteiger partial charge in [0, 0.05) is 32.2 Å². The summed E-state index contributed by atoms with van der Waals surface area (Å²) in [6.07, 6.45) is 3.86. The van der Waals surface area contributed by atoms with Gasteiger partial charge in [0.25, 0.3) is 0 Å². The van der Waals surface area contributed by atoms with Crippen LogP contribution in [0.15, 0.2) is 30.3 Å². The van der Waals surface area contributed by atoms with E-state index in [-0.39, 0.29) is 24.0 Å². The Morgan fingerprint density at radius 1 is 1.00 bits per heavy atom. The van der Waals surface area contributed by atoms with Gasteiger partial charge in [-0.25, -0.2) is 4.79 Å². The highest BCUT2D eigenvalue weighted by Gasteiger charge is 2.38. The number of hydrogen-bond acceptors (Lipinski definition) is 5. The lowest BCUT2D eigenvalue weighted by atomic mass is 9.83. The molecule has 1 aliphatic heterocycles. The molecular formula is C23H34N2O4. The van der Waals surface area contributed by atoms with E-state index in [4.69, 9.17) is 9.47 Å². The summed E-state index contributed by atoms with van der Waals surface area (Å²) >= 11 is 0. The van der Waals surface area contributed by atoms with Gasteiger partial charge in [0.1, 0.15) is 12.2 Å². The zero-order chi connectivity index (χ0) is 20.9. The van der Waals surface area contributed by atoms with Crippen LogP contribution in [0.25, 0.3) is 0 Å². The van der Waals surface area contributed by atoms with Crippen LogP contribution in [0.4, 0.5) is 4.79 Å². The number of esters is 1. The average molecular weight is 403 g/mol. The summed E-state index contributed by atoms with van der Waals surface area (Å²) in [6, 6.07) is 9.93. The first-order valence-corrected chi connectivity index (χ1v) is 10.8. The number of hydrogen-bond donors (Lipinski definition) is 0. The van der Waals surface area contributed by atoms with Crippen molar-refractivity contribution in [3.05, 3.63) is 35.9 Å². The van der Waals surface area contributed by atoms with E-state index in [0.717, 1.165) is 44.3 Å². The van der Waals surface area contributed by atoms with E-state index in [1.807, 2.05) is 51.1 Å². The second-order valence-corrected chi connectivity index (χ2v) is 9.05. The molecule has 160 valence electrons. The minimum absolute atomic E-state index is 0.0699. The Morgan fingerprint density at radius 2 is 1.66 bits per heavy atom. The molecule has 3 rings (SSSR count). The third-order valence-corrected chi connectivity index (χ3v) is 5.69. The lowest BCUT2D eigenvalue weighted by Crippen LogP contribution is -2.55. The standard InChI is InChI=1S/C23H34N2O4/c1-23(2,3)29-21(26)19-11-7-8-12-20(19)24-13-15-25(16-14-24)22(27)28-17-18-9-5-4-6-10-18/h4-6,9-10,19-20H,7-8,11-17H2,1-3H3. The Bertz CT molecular complexity index is 678. The SMILES string of the molecule is CC(C)(C)OC(=O)C1CCCCC1N1CCN(C(=O)OCc2ccccc2)CC1. The van der Waals surface area contributed by atoms with Gasteiger partial charge < -0.3 is 14.4 Å². The molecule has 1 amide bonds. The number of carbonyl (C=O) groups excluding carboxylic acids is 2. The number of amides is 1. The van der Waals surface area contributed by atoms with Crippen LogP contribution in [0, 0.1) is 5.92 Å². The van der Waals surface area contributed by atoms with Crippen molar-refractivity contribution >= 4 is 12.1 Å². The maximum atomic E-state index is 12.7. The van der Waals surface area contributed by atoms with Crippen LogP contribution < -0.4 is 0 Å². The van der Waals surface area contributed by atoms with Gasteiger partial charge in [-0.05, 0) is 39.2 Å². The number of carbonyl (C=O) groups is 2. The van der Waals surface area contributed by atoms with Crippen LogP contribution >= 0.6 is 0 Å². The van der Waals surface area contributed by atoms with Crippen LogP contribution in [0.1, 0.15) is 52.0 Å². The molecule has 0 radical (unpaired) electrons. The lowest BCUT2D eigenvalue weighted by Gasteiger charge is -2.43. The molecule has 1 aromatic carbocycles. The van der Waals surface area contributed by atoms with Gasteiger partial charge in [0.15, 0.2) is 0 Å². The van der Waals surface area contributed by atoms with Gasteiger partial charge in [-0.1, -0.05) is 43.2 Å². The molecule has 6 heteroatoms. The normalized spacial score (nSPS) is 23.5. The molecule has 1 heterocycles. The Kier molecular flexibility index (Phi) is 7.17. The molecule has 0 bridgehead atoms. The monoisotopic (exact) mass is 402 g/mol.